The third-order valence-corrected chi connectivity index (χ3v) is 4.05. The van der Waals surface area contributed by atoms with E-state index in [0.717, 1.165) is 0 Å². The van der Waals surface area contributed by atoms with Crippen molar-refractivity contribution in [3.05, 3.63) is 18.5 Å². The molecule has 1 heterocycles. The van der Waals surface area contributed by atoms with Crippen molar-refractivity contribution in [3.8, 4) is 0 Å². The van der Waals surface area contributed by atoms with Crippen LogP contribution in [0.2, 0.25) is 0 Å². The molecule has 1 aromatic heterocycles. The summed E-state index contributed by atoms with van der Waals surface area (Å²) in [6.45, 7) is 5.50. The molecule has 6 heteroatoms. The van der Waals surface area contributed by atoms with E-state index in [-0.39, 0.29) is 5.91 Å². The number of nitrogens with zero attached hydrogens (tertiary/aromatic N) is 1. The van der Waals surface area contributed by atoms with Gasteiger partial charge in [-0.15, -0.1) is 0 Å². The first-order valence-corrected chi connectivity index (χ1v) is 6.66. The van der Waals surface area contributed by atoms with Crippen molar-refractivity contribution in [3.63, 3.8) is 0 Å². The minimum absolute atomic E-state index is 0.147. The molecule has 0 radical (unpaired) electrons. The smallest absolute Gasteiger partial charge is 0.305 e. The predicted octanol–water partition coefficient (Wildman–Crippen LogP) is 2.04. The van der Waals surface area contributed by atoms with E-state index in [1.54, 1.807) is 26.1 Å². The third kappa shape index (κ3) is 2.82. The molecule has 0 saturated carbocycles. The van der Waals surface area contributed by atoms with Gasteiger partial charge in [-0.3, -0.25) is 13.9 Å². The first-order valence-electron chi connectivity index (χ1n) is 5.12. The Hall–Kier alpha value is -0.900. The van der Waals surface area contributed by atoms with Gasteiger partial charge in [-0.2, -0.15) is 0 Å². The average Bonchev–Trinajstić information content (AvgIpc) is 2.67. The summed E-state index contributed by atoms with van der Waals surface area (Å²) in [5.41, 5.74) is 0. The Bertz CT molecular complexity index is 403. The van der Waals surface area contributed by atoms with Gasteiger partial charge in [-0.25, -0.2) is 0 Å². The Morgan fingerprint density at radius 1 is 1.38 bits per heavy atom. The fraction of sp³-hybridized carbons (Fsp3) is 0.500. The number of hydrogen-bond acceptors (Lipinski definition) is 4. The van der Waals surface area contributed by atoms with E-state index in [9.17, 15) is 9.36 Å². The molecule has 0 unspecified atom stereocenters. The van der Waals surface area contributed by atoms with Gasteiger partial charge in [0.05, 0.1) is 18.5 Å². The molecule has 0 aliphatic heterocycles. The number of carbonyl (C=O) groups excluding carboxylic acids is 1. The third-order valence-electron chi connectivity index (χ3n) is 1.96. The van der Waals surface area contributed by atoms with E-state index in [1.807, 2.05) is 0 Å². The van der Waals surface area contributed by atoms with E-state index in [2.05, 4.69) is 0 Å². The molecular weight excluding hydrogens is 229 g/mol. The molecule has 16 heavy (non-hydrogen) atoms. The van der Waals surface area contributed by atoms with Crippen LogP contribution in [0.1, 0.15) is 25.6 Å². The monoisotopic (exact) mass is 245 g/mol. The molecule has 0 N–H and O–H groups in total. The molecule has 1 aromatic rings. The molecule has 5 nitrogen and oxygen atoms in total. The van der Waals surface area contributed by atoms with Crippen molar-refractivity contribution >= 4 is 18.8 Å². The van der Waals surface area contributed by atoms with Crippen LogP contribution in [0.3, 0.4) is 0 Å². The normalized spacial score (nSPS) is 11.7. The second-order valence-electron chi connectivity index (χ2n) is 3.13. The lowest BCUT2D eigenvalue weighted by molar-refractivity contribution is 0.0937. The van der Waals surface area contributed by atoms with Crippen LogP contribution in [0, 0.1) is 0 Å². The number of rotatable bonds is 5. The van der Waals surface area contributed by atoms with E-state index in [1.165, 1.54) is 17.7 Å². The van der Waals surface area contributed by atoms with Crippen molar-refractivity contribution in [1.29, 1.82) is 0 Å². The number of aromatic nitrogens is 1. The van der Waals surface area contributed by atoms with Crippen LogP contribution in [0.15, 0.2) is 18.5 Å². The predicted molar refractivity (Wildman–Crippen MR) is 61.2 cm³/mol. The largest absolute Gasteiger partial charge is 0.362 e. The van der Waals surface area contributed by atoms with E-state index < -0.39 is 7.60 Å². The summed E-state index contributed by atoms with van der Waals surface area (Å²) in [5.74, 6) is -0.147. The lowest BCUT2D eigenvalue weighted by Gasteiger charge is -2.15. The molecule has 0 saturated heterocycles. The first-order chi connectivity index (χ1) is 7.53. The van der Waals surface area contributed by atoms with Gasteiger partial charge in [0.15, 0.2) is 0 Å². The van der Waals surface area contributed by atoms with Gasteiger partial charge < -0.3 is 9.05 Å². The van der Waals surface area contributed by atoms with E-state index >= 15 is 0 Å². The zero-order valence-electron chi connectivity index (χ0n) is 9.67. The SMILES string of the molecule is CCOP(=O)(OCC)c1ccn(C(C)=O)c1. The maximum absolute atomic E-state index is 12.3. The molecule has 0 aromatic carbocycles. The highest BCUT2D eigenvalue weighted by molar-refractivity contribution is 7.62. The molecule has 0 fully saturated rings. The highest BCUT2D eigenvalue weighted by Gasteiger charge is 2.27. The first kappa shape index (κ1) is 13.2. The minimum Gasteiger partial charge on any atom is -0.305 e. The summed E-state index contributed by atoms with van der Waals surface area (Å²) in [6, 6.07) is 1.58. The summed E-state index contributed by atoms with van der Waals surface area (Å²) in [4.78, 5) is 11.1. The molecule has 0 aliphatic rings. The maximum Gasteiger partial charge on any atom is 0.362 e. The Balaban J connectivity index is 3.01. The lowest BCUT2D eigenvalue weighted by Crippen LogP contribution is -2.10. The molecule has 1 rings (SSSR count). The van der Waals surface area contributed by atoms with E-state index in [4.69, 9.17) is 9.05 Å². The van der Waals surface area contributed by atoms with Gasteiger partial charge >= 0.3 is 7.60 Å². The summed E-state index contributed by atoms with van der Waals surface area (Å²) >= 11 is 0. The molecule has 0 atom stereocenters. The Morgan fingerprint density at radius 3 is 2.31 bits per heavy atom. The zero-order chi connectivity index (χ0) is 12.2. The molecule has 90 valence electrons. The summed E-state index contributed by atoms with van der Waals surface area (Å²) in [7, 11) is -3.26. The van der Waals surface area contributed by atoms with Crippen molar-refractivity contribution in [2.45, 2.75) is 20.8 Å². The van der Waals surface area contributed by atoms with Gasteiger partial charge in [0.2, 0.25) is 5.91 Å². The Morgan fingerprint density at radius 2 is 1.94 bits per heavy atom. The lowest BCUT2D eigenvalue weighted by atomic mass is 10.7. The van der Waals surface area contributed by atoms with Gasteiger partial charge in [0, 0.05) is 19.3 Å². The minimum atomic E-state index is -3.26. The zero-order valence-corrected chi connectivity index (χ0v) is 10.6. The van der Waals surface area contributed by atoms with Crippen LogP contribution in [-0.4, -0.2) is 23.7 Å². The topological polar surface area (TPSA) is 57.5 Å². The standard InChI is InChI=1S/C10H16NO4P/c1-4-14-16(13,15-5-2)10-6-7-11(8-10)9(3)12/h6-8H,4-5H2,1-3H3. The Kier molecular flexibility index (Phi) is 4.47. The van der Waals surface area contributed by atoms with Crippen LogP contribution < -0.4 is 5.30 Å². The molecule has 0 amide bonds. The molecule has 0 bridgehead atoms. The number of carbonyl (C=O) groups is 1. The summed E-state index contributed by atoms with van der Waals surface area (Å²) in [5, 5.41) is 0.409. The van der Waals surface area contributed by atoms with E-state index in [0.29, 0.717) is 18.5 Å². The molecule has 0 spiro atoms. The summed E-state index contributed by atoms with van der Waals surface area (Å²) < 4.78 is 23.9. The van der Waals surface area contributed by atoms with Gasteiger partial charge in [-0.1, -0.05) is 0 Å². The van der Waals surface area contributed by atoms with Crippen molar-refractivity contribution in [1.82, 2.24) is 4.57 Å². The molecule has 0 aliphatic carbocycles. The number of hydrogen-bond donors (Lipinski definition) is 0. The highest BCUT2D eigenvalue weighted by Crippen LogP contribution is 2.46. The second-order valence-corrected chi connectivity index (χ2v) is 5.16. The maximum atomic E-state index is 12.3. The van der Waals surface area contributed by atoms with Crippen LogP contribution in [0.5, 0.6) is 0 Å². The van der Waals surface area contributed by atoms with Gasteiger partial charge in [0.25, 0.3) is 0 Å². The van der Waals surface area contributed by atoms with Crippen molar-refractivity contribution in [2.75, 3.05) is 13.2 Å². The van der Waals surface area contributed by atoms with Crippen LogP contribution in [0.4, 0.5) is 0 Å². The second kappa shape index (κ2) is 5.43. The van der Waals surface area contributed by atoms with Crippen LogP contribution >= 0.6 is 7.60 Å². The fourth-order valence-corrected chi connectivity index (χ4v) is 2.84. The van der Waals surface area contributed by atoms with Gasteiger partial charge in [-0.05, 0) is 19.9 Å². The Labute approximate surface area is 94.9 Å². The van der Waals surface area contributed by atoms with Crippen molar-refractivity contribution in [2.24, 2.45) is 0 Å². The van der Waals surface area contributed by atoms with Crippen LogP contribution in [0.25, 0.3) is 0 Å². The quantitative estimate of drug-likeness (QED) is 0.745. The van der Waals surface area contributed by atoms with Gasteiger partial charge in [0.1, 0.15) is 0 Å². The van der Waals surface area contributed by atoms with Crippen molar-refractivity contribution < 1.29 is 18.4 Å². The fourth-order valence-electron chi connectivity index (χ4n) is 1.27. The molecular formula is C10H16NO4P. The average molecular weight is 245 g/mol. The van der Waals surface area contributed by atoms with Crippen LogP contribution in [-0.2, 0) is 13.6 Å². The highest BCUT2D eigenvalue weighted by atomic mass is 31.2. The summed E-state index contributed by atoms with van der Waals surface area (Å²) in [6.07, 6.45) is 3.02.